The summed E-state index contributed by atoms with van der Waals surface area (Å²) >= 11 is 6.19. The minimum atomic E-state index is -0.167. The molecule has 0 aliphatic carbocycles. The summed E-state index contributed by atoms with van der Waals surface area (Å²) in [5.41, 5.74) is 8.55. The van der Waals surface area contributed by atoms with Gasteiger partial charge in [-0.15, -0.1) is 0 Å². The number of aromatic nitrogens is 2. The van der Waals surface area contributed by atoms with Crippen LogP contribution in [0.3, 0.4) is 0 Å². The maximum absolute atomic E-state index is 12.1. The highest BCUT2D eigenvalue weighted by Crippen LogP contribution is 2.33. The molecule has 1 unspecified atom stereocenters. The zero-order chi connectivity index (χ0) is 19.4. The Labute approximate surface area is 163 Å². The SMILES string of the molecule is CCOC(=O)C1CCCN(c2ncnc(Nc3cccc(Cl)c3C)c2N)C1. The highest BCUT2D eigenvalue weighted by molar-refractivity contribution is 6.31. The molecule has 3 rings (SSSR count). The second kappa shape index (κ2) is 8.43. The van der Waals surface area contributed by atoms with Gasteiger partial charge >= 0.3 is 5.97 Å². The Balaban J connectivity index is 1.82. The number of nitrogens with zero attached hydrogens (tertiary/aromatic N) is 3. The lowest BCUT2D eigenvalue weighted by Crippen LogP contribution is -2.40. The van der Waals surface area contributed by atoms with E-state index in [0.717, 1.165) is 30.6 Å². The van der Waals surface area contributed by atoms with Crippen molar-refractivity contribution in [3.8, 4) is 0 Å². The van der Waals surface area contributed by atoms with E-state index < -0.39 is 0 Å². The molecule has 2 aromatic rings. The molecule has 0 amide bonds. The molecule has 144 valence electrons. The molecule has 1 fully saturated rings. The van der Waals surface area contributed by atoms with Crippen LogP contribution in [0.15, 0.2) is 24.5 Å². The predicted molar refractivity (Wildman–Crippen MR) is 107 cm³/mol. The van der Waals surface area contributed by atoms with Gasteiger partial charge in [-0.2, -0.15) is 0 Å². The standard InChI is InChI=1S/C19H24ClN5O2/c1-3-27-19(26)13-6-5-9-25(10-13)18-16(21)17(22-11-23-18)24-15-8-4-7-14(20)12(15)2/h4,7-8,11,13H,3,5-6,9-10,21H2,1-2H3,(H,22,23,24). The molecule has 1 saturated heterocycles. The van der Waals surface area contributed by atoms with Gasteiger partial charge in [0.25, 0.3) is 0 Å². The molecule has 1 aromatic carbocycles. The molecule has 0 bridgehead atoms. The number of ether oxygens (including phenoxy) is 1. The number of hydrogen-bond acceptors (Lipinski definition) is 7. The Morgan fingerprint density at radius 2 is 2.26 bits per heavy atom. The molecule has 7 nitrogen and oxygen atoms in total. The zero-order valence-corrected chi connectivity index (χ0v) is 16.3. The minimum Gasteiger partial charge on any atom is -0.466 e. The van der Waals surface area contributed by atoms with Crippen LogP contribution in [-0.2, 0) is 9.53 Å². The Kier molecular flexibility index (Phi) is 6.01. The van der Waals surface area contributed by atoms with Crippen molar-refractivity contribution in [3.63, 3.8) is 0 Å². The lowest BCUT2D eigenvalue weighted by molar-refractivity contribution is -0.148. The molecule has 0 spiro atoms. The van der Waals surface area contributed by atoms with Crippen LogP contribution < -0.4 is 16.0 Å². The highest BCUT2D eigenvalue weighted by atomic mass is 35.5. The molecule has 3 N–H and O–H groups in total. The number of rotatable bonds is 5. The normalized spacial score (nSPS) is 16.9. The molecule has 0 radical (unpaired) electrons. The van der Waals surface area contributed by atoms with E-state index >= 15 is 0 Å². The summed E-state index contributed by atoms with van der Waals surface area (Å²) in [6.45, 7) is 5.45. The van der Waals surface area contributed by atoms with Crippen LogP contribution in [0.1, 0.15) is 25.3 Å². The maximum Gasteiger partial charge on any atom is 0.310 e. The summed E-state index contributed by atoms with van der Waals surface area (Å²) in [6, 6.07) is 5.62. The van der Waals surface area contributed by atoms with Crippen LogP contribution in [0, 0.1) is 12.8 Å². The number of piperidine rings is 1. The largest absolute Gasteiger partial charge is 0.466 e. The van der Waals surface area contributed by atoms with E-state index in [4.69, 9.17) is 22.1 Å². The van der Waals surface area contributed by atoms with Crippen molar-refractivity contribution in [2.24, 2.45) is 5.92 Å². The number of benzene rings is 1. The predicted octanol–water partition coefficient (Wildman–Crippen LogP) is 3.54. The maximum atomic E-state index is 12.1. The van der Waals surface area contributed by atoms with E-state index in [1.54, 1.807) is 0 Å². The topological polar surface area (TPSA) is 93.4 Å². The third kappa shape index (κ3) is 4.24. The first-order chi connectivity index (χ1) is 13.0. The summed E-state index contributed by atoms with van der Waals surface area (Å²) in [6.07, 6.45) is 3.16. The van der Waals surface area contributed by atoms with E-state index in [0.29, 0.717) is 35.5 Å². The van der Waals surface area contributed by atoms with Crippen molar-refractivity contribution in [3.05, 3.63) is 35.1 Å². The lowest BCUT2D eigenvalue weighted by Gasteiger charge is -2.33. The number of carbonyl (C=O) groups is 1. The summed E-state index contributed by atoms with van der Waals surface area (Å²) in [5, 5.41) is 3.90. The van der Waals surface area contributed by atoms with Crippen molar-refractivity contribution < 1.29 is 9.53 Å². The van der Waals surface area contributed by atoms with Crippen LogP contribution >= 0.6 is 11.6 Å². The van der Waals surface area contributed by atoms with E-state index in [2.05, 4.69) is 15.3 Å². The van der Waals surface area contributed by atoms with Gasteiger partial charge in [0.1, 0.15) is 12.0 Å². The number of esters is 1. The highest BCUT2D eigenvalue weighted by Gasteiger charge is 2.29. The Morgan fingerprint density at radius 1 is 1.44 bits per heavy atom. The molecule has 2 heterocycles. The number of nitrogens with two attached hydrogens (primary N) is 1. The fourth-order valence-corrected chi connectivity index (χ4v) is 3.40. The number of anilines is 4. The van der Waals surface area contributed by atoms with Crippen molar-refractivity contribution in [1.82, 2.24) is 9.97 Å². The summed E-state index contributed by atoms with van der Waals surface area (Å²) in [7, 11) is 0. The van der Waals surface area contributed by atoms with Crippen LogP contribution in [0.25, 0.3) is 0 Å². The fourth-order valence-electron chi connectivity index (χ4n) is 3.23. The van der Waals surface area contributed by atoms with E-state index in [9.17, 15) is 4.79 Å². The first-order valence-electron chi connectivity index (χ1n) is 9.05. The first kappa shape index (κ1) is 19.2. The van der Waals surface area contributed by atoms with Crippen molar-refractivity contribution in [1.29, 1.82) is 0 Å². The average molecular weight is 390 g/mol. The second-order valence-electron chi connectivity index (χ2n) is 6.53. The Bertz CT molecular complexity index is 830. The quantitative estimate of drug-likeness (QED) is 0.755. The smallest absolute Gasteiger partial charge is 0.310 e. The van der Waals surface area contributed by atoms with Gasteiger partial charge in [-0.3, -0.25) is 4.79 Å². The van der Waals surface area contributed by atoms with Gasteiger partial charge in [-0.25, -0.2) is 9.97 Å². The molecule has 8 heteroatoms. The minimum absolute atomic E-state index is 0.164. The molecular weight excluding hydrogens is 366 g/mol. The van der Waals surface area contributed by atoms with Gasteiger partial charge in [0.05, 0.1) is 12.5 Å². The monoisotopic (exact) mass is 389 g/mol. The fraction of sp³-hybridized carbons (Fsp3) is 0.421. The third-order valence-electron chi connectivity index (χ3n) is 4.72. The molecule has 1 aliphatic heterocycles. The summed E-state index contributed by atoms with van der Waals surface area (Å²) in [4.78, 5) is 22.8. The molecular formula is C19H24ClN5O2. The second-order valence-corrected chi connectivity index (χ2v) is 6.94. The van der Waals surface area contributed by atoms with Gasteiger partial charge < -0.3 is 20.7 Å². The number of nitrogen functional groups attached to an aromatic ring is 1. The molecule has 0 saturated carbocycles. The third-order valence-corrected chi connectivity index (χ3v) is 5.13. The molecule has 27 heavy (non-hydrogen) atoms. The van der Waals surface area contributed by atoms with Crippen LogP contribution in [-0.4, -0.2) is 35.6 Å². The van der Waals surface area contributed by atoms with Crippen molar-refractivity contribution in [2.45, 2.75) is 26.7 Å². The summed E-state index contributed by atoms with van der Waals surface area (Å²) in [5.74, 6) is 0.812. The molecule has 1 aromatic heterocycles. The molecule has 1 atom stereocenters. The van der Waals surface area contributed by atoms with Gasteiger partial charge in [-0.1, -0.05) is 17.7 Å². The summed E-state index contributed by atoms with van der Waals surface area (Å²) < 4.78 is 5.17. The van der Waals surface area contributed by atoms with Crippen molar-refractivity contribution in [2.75, 3.05) is 35.6 Å². The average Bonchev–Trinajstić information content (AvgIpc) is 2.67. The van der Waals surface area contributed by atoms with E-state index in [1.807, 2.05) is 36.9 Å². The van der Waals surface area contributed by atoms with Gasteiger partial charge in [0.15, 0.2) is 11.6 Å². The van der Waals surface area contributed by atoms with Crippen molar-refractivity contribution >= 4 is 40.6 Å². The van der Waals surface area contributed by atoms with Crippen LogP contribution in [0.4, 0.5) is 23.0 Å². The Hall–Kier alpha value is -2.54. The number of hydrogen-bond donors (Lipinski definition) is 2. The lowest BCUT2D eigenvalue weighted by atomic mass is 9.98. The number of nitrogens with one attached hydrogen (secondary N) is 1. The number of halogens is 1. The number of carbonyl (C=O) groups excluding carboxylic acids is 1. The zero-order valence-electron chi connectivity index (χ0n) is 15.5. The molecule has 1 aliphatic rings. The van der Waals surface area contributed by atoms with Gasteiger partial charge in [-0.05, 0) is 44.4 Å². The van der Waals surface area contributed by atoms with Crippen LogP contribution in [0.2, 0.25) is 5.02 Å². The Morgan fingerprint density at radius 3 is 3.04 bits per heavy atom. The van der Waals surface area contributed by atoms with Crippen LogP contribution in [0.5, 0.6) is 0 Å². The first-order valence-corrected chi connectivity index (χ1v) is 9.43. The van der Waals surface area contributed by atoms with Gasteiger partial charge in [0, 0.05) is 23.8 Å². The van der Waals surface area contributed by atoms with E-state index in [-0.39, 0.29) is 11.9 Å². The van der Waals surface area contributed by atoms with Gasteiger partial charge in [0.2, 0.25) is 0 Å². The van der Waals surface area contributed by atoms with E-state index in [1.165, 1.54) is 6.33 Å².